The van der Waals surface area contributed by atoms with Crippen molar-refractivity contribution in [2.45, 2.75) is 24.8 Å². The molecule has 0 radical (unpaired) electrons. The zero-order valence-electron chi connectivity index (χ0n) is 15.8. The van der Waals surface area contributed by atoms with Gasteiger partial charge in [0.15, 0.2) is 5.69 Å². The van der Waals surface area contributed by atoms with Crippen molar-refractivity contribution >= 4 is 11.3 Å². The van der Waals surface area contributed by atoms with E-state index in [0.717, 1.165) is 4.40 Å². The molecule has 31 heavy (non-hydrogen) atoms. The second-order valence-electron chi connectivity index (χ2n) is 6.77. The Morgan fingerprint density at radius 2 is 1.71 bits per heavy atom. The minimum Gasteiger partial charge on any atom is -0.378 e. The maximum atomic E-state index is 13.6. The van der Waals surface area contributed by atoms with Gasteiger partial charge in [-0.05, 0) is 6.07 Å². The second-order valence-corrected chi connectivity index (χ2v) is 6.77. The van der Waals surface area contributed by atoms with Gasteiger partial charge in [0.25, 0.3) is 5.56 Å². The van der Waals surface area contributed by atoms with E-state index in [1.54, 1.807) is 19.0 Å². The molecule has 0 bridgehead atoms. The van der Waals surface area contributed by atoms with Crippen molar-refractivity contribution < 1.29 is 35.1 Å². The molecule has 0 aromatic carbocycles. The first kappa shape index (κ1) is 22.5. The summed E-state index contributed by atoms with van der Waals surface area (Å²) in [6.45, 7) is -1.97. The molecule has 0 aliphatic carbocycles. The van der Waals surface area contributed by atoms with Gasteiger partial charge < -0.3 is 4.90 Å². The van der Waals surface area contributed by atoms with Crippen molar-refractivity contribution in [1.82, 2.24) is 19.2 Å². The van der Waals surface area contributed by atoms with Crippen LogP contribution in [0.4, 0.5) is 40.8 Å². The number of aromatic nitrogens is 4. The number of rotatable bonds is 4. The van der Waals surface area contributed by atoms with Gasteiger partial charge in [-0.1, -0.05) is 0 Å². The standard InChI is InChI=1S/C17H13F8N5O/c1-28(2)10-3-4-30-11(5-10)27-13(16(20,21)22)12(14(30)31)9-6-26-29(7-9)8-15(18,19)17(23,24)25/h3-7H,8H2,1-2H3. The van der Waals surface area contributed by atoms with Crippen LogP contribution < -0.4 is 10.5 Å². The lowest BCUT2D eigenvalue weighted by Gasteiger charge is -2.19. The average Bonchev–Trinajstić information content (AvgIpc) is 3.06. The molecule has 0 unspecified atom stereocenters. The molecule has 3 aromatic heterocycles. The first-order chi connectivity index (χ1) is 14.1. The third-order valence-electron chi connectivity index (χ3n) is 4.30. The number of nitrogens with zero attached hydrogens (tertiary/aromatic N) is 5. The Labute approximate surface area is 168 Å². The van der Waals surface area contributed by atoms with Crippen molar-refractivity contribution in [3.63, 3.8) is 0 Å². The van der Waals surface area contributed by atoms with Gasteiger partial charge in [-0.15, -0.1) is 0 Å². The van der Waals surface area contributed by atoms with Crippen LogP contribution in [0.1, 0.15) is 5.69 Å². The van der Waals surface area contributed by atoms with Crippen molar-refractivity contribution in [3.8, 4) is 11.1 Å². The normalized spacial score (nSPS) is 13.1. The number of hydrogen-bond acceptors (Lipinski definition) is 4. The van der Waals surface area contributed by atoms with E-state index >= 15 is 0 Å². The van der Waals surface area contributed by atoms with E-state index in [1.165, 1.54) is 18.3 Å². The molecule has 0 fully saturated rings. The topological polar surface area (TPSA) is 55.4 Å². The summed E-state index contributed by atoms with van der Waals surface area (Å²) in [7, 11) is 3.24. The van der Waals surface area contributed by atoms with E-state index in [2.05, 4.69) is 10.1 Å². The first-order valence-corrected chi connectivity index (χ1v) is 8.40. The highest BCUT2D eigenvalue weighted by Crippen LogP contribution is 2.37. The molecular formula is C17H13F8N5O. The van der Waals surface area contributed by atoms with Crippen molar-refractivity contribution in [3.05, 3.63) is 46.8 Å². The Morgan fingerprint density at radius 3 is 2.26 bits per heavy atom. The Kier molecular flexibility index (Phi) is 5.22. The van der Waals surface area contributed by atoms with Gasteiger partial charge in [0, 0.05) is 43.8 Å². The predicted molar refractivity (Wildman–Crippen MR) is 93.0 cm³/mol. The Balaban J connectivity index is 2.18. The molecule has 6 nitrogen and oxygen atoms in total. The fraction of sp³-hybridized carbons (Fsp3) is 0.353. The number of pyridine rings is 1. The van der Waals surface area contributed by atoms with Gasteiger partial charge in [0.2, 0.25) is 0 Å². The van der Waals surface area contributed by atoms with E-state index in [0.29, 0.717) is 18.1 Å². The van der Waals surface area contributed by atoms with Gasteiger partial charge >= 0.3 is 18.3 Å². The highest BCUT2D eigenvalue weighted by Gasteiger charge is 2.57. The van der Waals surface area contributed by atoms with Crippen molar-refractivity contribution in [2.75, 3.05) is 19.0 Å². The molecule has 0 aliphatic heterocycles. The molecule has 0 N–H and O–H groups in total. The zero-order valence-corrected chi connectivity index (χ0v) is 15.8. The summed E-state index contributed by atoms with van der Waals surface area (Å²) in [5.41, 5.74) is -4.31. The van der Waals surface area contributed by atoms with Gasteiger partial charge in [-0.2, -0.15) is 40.2 Å². The third kappa shape index (κ3) is 4.18. The highest BCUT2D eigenvalue weighted by molar-refractivity contribution is 5.67. The SMILES string of the molecule is CN(C)c1ccn2c(=O)c(-c3cnn(CC(F)(F)C(F)(F)F)c3)c(C(F)(F)F)nc2c1. The number of alkyl halides is 8. The van der Waals surface area contributed by atoms with E-state index < -0.39 is 47.2 Å². The molecule has 14 heteroatoms. The van der Waals surface area contributed by atoms with Gasteiger partial charge in [0.05, 0.1) is 11.8 Å². The number of anilines is 1. The maximum absolute atomic E-state index is 13.6. The Bertz CT molecular complexity index is 1180. The highest BCUT2D eigenvalue weighted by atomic mass is 19.4. The van der Waals surface area contributed by atoms with Crippen LogP contribution in [-0.2, 0) is 12.7 Å². The quantitative estimate of drug-likeness (QED) is 0.562. The molecule has 0 amide bonds. The third-order valence-corrected chi connectivity index (χ3v) is 4.30. The van der Waals surface area contributed by atoms with Crippen LogP contribution in [0.2, 0.25) is 0 Å². The molecule has 0 spiro atoms. The van der Waals surface area contributed by atoms with Crippen LogP contribution in [-0.4, -0.2) is 45.4 Å². The Hall–Kier alpha value is -3.19. The lowest BCUT2D eigenvalue weighted by Crippen LogP contribution is -2.40. The summed E-state index contributed by atoms with van der Waals surface area (Å²) in [6.07, 6.45) is -8.72. The lowest BCUT2D eigenvalue weighted by molar-refractivity contribution is -0.287. The largest absolute Gasteiger partial charge is 0.455 e. The number of halogens is 8. The summed E-state index contributed by atoms with van der Waals surface area (Å²) in [4.78, 5) is 17.8. The van der Waals surface area contributed by atoms with Gasteiger partial charge in [0.1, 0.15) is 12.2 Å². The van der Waals surface area contributed by atoms with Crippen LogP contribution in [0.5, 0.6) is 0 Å². The fourth-order valence-corrected chi connectivity index (χ4v) is 2.74. The number of fused-ring (bicyclic) bond motifs is 1. The summed E-state index contributed by atoms with van der Waals surface area (Å²) in [6, 6.07) is 2.66. The molecule has 0 saturated heterocycles. The maximum Gasteiger partial charge on any atom is 0.455 e. The first-order valence-electron chi connectivity index (χ1n) is 8.40. The second kappa shape index (κ2) is 7.20. The average molecular weight is 455 g/mol. The molecule has 3 aromatic rings. The monoisotopic (exact) mass is 455 g/mol. The summed E-state index contributed by atoms with van der Waals surface area (Å²) < 4.78 is 105. The molecule has 0 aliphatic rings. The van der Waals surface area contributed by atoms with E-state index in [-0.39, 0.29) is 10.3 Å². The molecule has 3 heterocycles. The molecule has 3 rings (SSSR count). The van der Waals surface area contributed by atoms with Crippen LogP contribution in [0.25, 0.3) is 16.8 Å². The predicted octanol–water partition coefficient (Wildman–Crippen LogP) is 3.84. The summed E-state index contributed by atoms with van der Waals surface area (Å²) in [5, 5.41) is 3.26. The van der Waals surface area contributed by atoms with Crippen LogP contribution in [0, 0.1) is 0 Å². The molecule has 168 valence electrons. The van der Waals surface area contributed by atoms with Crippen LogP contribution in [0.3, 0.4) is 0 Å². The minimum absolute atomic E-state index is 0.117. The smallest absolute Gasteiger partial charge is 0.378 e. The van der Waals surface area contributed by atoms with Crippen LogP contribution in [0.15, 0.2) is 35.5 Å². The van der Waals surface area contributed by atoms with E-state index in [1.807, 2.05) is 0 Å². The Morgan fingerprint density at radius 1 is 1.06 bits per heavy atom. The molecule has 0 saturated carbocycles. The molecule has 0 atom stereocenters. The van der Waals surface area contributed by atoms with Crippen LogP contribution >= 0.6 is 0 Å². The lowest BCUT2D eigenvalue weighted by atomic mass is 10.1. The van der Waals surface area contributed by atoms with Crippen molar-refractivity contribution in [1.29, 1.82) is 0 Å². The summed E-state index contributed by atoms with van der Waals surface area (Å²) >= 11 is 0. The van der Waals surface area contributed by atoms with Gasteiger partial charge in [-0.3, -0.25) is 13.9 Å². The van der Waals surface area contributed by atoms with E-state index in [9.17, 15) is 39.9 Å². The number of hydrogen-bond donors (Lipinski definition) is 0. The summed E-state index contributed by atoms with van der Waals surface area (Å²) in [5.74, 6) is -5.18. The van der Waals surface area contributed by atoms with Crippen molar-refractivity contribution in [2.24, 2.45) is 0 Å². The zero-order chi connectivity index (χ0) is 23.4. The van der Waals surface area contributed by atoms with E-state index in [4.69, 9.17) is 0 Å². The van der Waals surface area contributed by atoms with Gasteiger partial charge in [-0.25, -0.2) is 4.98 Å². The minimum atomic E-state index is -5.88. The molecular weight excluding hydrogens is 442 g/mol. The fourth-order valence-electron chi connectivity index (χ4n) is 2.74.